The molecule has 1 heterocycles. The van der Waals surface area contributed by atoms with Crippen LogP contribution in [0.4, 0.5) is 4.39 Å². The third-order valence-corrected chi connectivity index (χ3v) is 6.36. The smallest absolute Gasteiger partial charge is 0.240 e. The van der Waals surface area contributed by atoms with Crippen molar-refractivity contribution in [1.82, 2.24) is 4.90 Å². The van der Waals surface area contributed by atoms with E-state index in [0.29, 0.717) is 19.6 Å². The number of rotatable bonds is 5. The van der Waals surface area contributed by atoms with Gasteiger partial charge in [-0.3, -0.25) is 4.79 Å². The number of likely N-dealkylation sites (tertiary alicyclic amines) is 1. The van der Waals surface area contributed by atoms with Crippen molar-refractivity contribution in [2.45, 2.75) is 23.5 Å². The second-order valence-corrected chi connectivity index (χ2v) is 8.59. The minimum absolute atomic E-state index is 0. The van der Waals surface area contributed by atoms with Gasteiger partial charge in [0.2, 0.25) is 5.91 Å². The number of hydrogen-bond acceptors (Lipinski definition) is 3. The van der Waals surface area contributed by atoms with Gasteiger partial charge in [0.25, 0.3) is 0 Å². The molecule has 3 rings (SSSR count). The Kier molecular flexibility index (Phi) is 7.57. The molecule has 0 spiro atoms. The second kappa shape index (κ2) is 9.28. The molecule has 0 radical (unpaired) electrons. The number of amides is 1. The Labute approximate surface area is 174 Å². The monoisotopic (exact) mass is 428 g/mol. The Bertz CT molecular complexity index is 793. The third-order valence-electron chi connectivity index (χ3n) is 4.83. The normalized spacial score (nSPS) is 20.2. The number of carbonyl (C=O) groups excluding carboxylic acids is 1. The fraction of sp³-hybridized carbons (Fsp3) is 0.350. The molecule has 0 bridgehead atoms. The summed E-state index contributed by atoms with van der Waals surface area (Å²) in [5.41, 5.74) is 6.77. The zero-order valence-corrected chi connectivity index (χ0v) is 17.4. The average molecular weight is 429 g/mol. The predicted molar refractivity (Wildman–Crippen MR) is 112 cm³/mol. The minimum atomic E-state index is -0.461. The zero-order valence-electron chi connectivity index (χ0n) is 15.0. The van der Waals surface area contributed by atoms with E-state index in [1.807, 2.05) is 35.2 Å². The summed E-state index contributed by atoms with van der Waals surface area (Å²) < 4.78 is 13.5. The highest BCUT2D eigenvalue weighted by atomic mass is 35.5. The van der Waals surface area contributed by atoms with E-state index in [1.165, 1.54) is 17.8 Å². The van der Waals surface area contributed by atoms with Crippen molar-refractivity contribution in [3.63, 3.8) is 0 Å². The summed E-state index contributed by atoms with van der Waals surface area (Å²) in [7, 11) is 0. The molecular weight excluding hydrogens is 406 g/mol. The maximum absolute atomic E-state index is 13.5. The Morgan fingerprint density at radius 3 is 2.63 bits per heavy atom. The van der Waals surface area contributed by atoms with Gasteiger partial charge in [-0.05, 0) is 42.1 Å². The number of nitrogens with two attached hydrogens (primary N) is 1. The Balaban J connectivity index is 0.00000261. The lowest BCUT2D eigenvalue weighted by Gasteiger charge is -2.26. The summed E-state index contributed by atoms with van der Waals surface area (Å²) in [6.45, 7) is 4.05. The van der Waals surface area contributed by atoms with Crippen LogP contribution in [0.2, 0.25) is 5.02 Å². The van der Waals surface area contributed by atoms with Crippen molar-refractivity contribution in [1.29, 1.82) is 0 Å². The van der Waals surface area contributed by atoms with Crippen LogP contribution in [-0.4, -0.2) is 30.4 Å². The van der Waals surface area contributed by atoms with E-state index in [-0.39, 0.29) is 28.8 Å². The first-order chi connectivity index (χ1) is 12.4. The third kappa shape index (κ3) is 5.17. The van der Waals surface area contributed by atoms with E-state index in [1.54, 1.807) is 12.1 Å². The van der Waals surface area contributed by atoms with Crippen molar-refractivity contribution in [3.05, 3.63) is 64.9 Å². The highest BCUT2D eigenvalue weighted by Gasteiger charge is 2.37. The molecule has 146 valence electrons. The van der Waals surface area contributed by atoms with Gasteiger partial charge in [-0.1, -0.05) is 48.9 Å². The van der Waals surface area contributed by atoms with Gasteiger partial charge in [0.1, 0.15) is 11.1 Å². The van der Waals surface area contributed by atoms with Gasteiger partial charge in [-0.15, -0.1) is 24.2 Å². The lowest BCUT2D eigenvalue weighted by Crippen LogP contribution is -2.36. The molecule has 3 nitrogen and oxygen atoms in total. The molecule has 2 aromatic carbocycles. The quantitative estimate of drug-likeness (QED) is 0.686. The molecule has 0 aromatic heterocycles. The fourth-order valence-electron chi connectivity index (χ4n) is 3.12. The number of carbonyl (C=O) groups is 1. The standard InChI is InChI=1S/C20H22ClFN2OS.ClH/c1-20(12-23)9-10-24(13-20)19(25)18(14-5-3-2-4-6-14)26-15-7-8-17(22)16(21)11-15;/h2-8,11,18H,9-10,12-13,23H2,1H3;1H. The molecule has 1 saturated heterocycles. The van der Waals surface area contributed by atoms with Crippen LogP contribution >= 0.6 is 35.8 Å². The largest absolute Gasteiger partial charge is 0.341 e. The summed E-state index contributed by atoms with van der Waals surface area (Å²) in [5, 5.41) is -0.344. The minimum Gasteiger partial charge on any atom is -0.341 e. The maximum atomic E-state index is 13.5. The number of benzene rings is 2. The fourth-order valence-corrected chi connectivity index (χ4v) is 4.51. The van der Waals surface area contributed by atoms with E-state index in [2.05, 4.69) is 6.92 Å². The summed E-state index contributed by atoms with van der Waals surface area (Å²) in [5.74, 6) is -0.407. The predicted octanol–water partition coefficient (Wildman–Crippen LogP) is 4.93. The van der Waals surface area contributed by atoms with Crippen molar-refractivity contribution in [3.8, 4) is 0 Å². The Morgan fingerprint density at radius 2 is 2.04 bits per heavy atom. The van der Waals surface area contributed by atoms with Crippen LogP contribution in [-0.2, 0) is 4.79 Å². The van der Waals surface area contributed by atoms with Crippen molar-refractivity contribution < 1.29 is 9.18 Å². The second-order valence-electron chi connectivity index (χ2n) is 7.01. The van der Waals surface area contributed by atoms with Crippen molar-refractivity contribution in [2.24, 2.45) is 11.1 Å². The van der Waals surface area contributed by atoms with Gasteiger partial charge in [-0.2, -0.15) is 0 Å². The van der Waals surface area contributed by atoms with Crippen LogP contribution in [0.3, 0.4) is 0 Å². The van der Waals surface area contributed by atoms with E-state index >= 15 is 0 Å². The number of halogens is 3. The van der Waals surface area contributed by atoms with E-state index in [4.69, 9.17) is 17.3 Å². The van der Waals surface area contributed by atoms with E-state index in [9.17, 15) is 9.18 Å². The highest BCUT2D eigenvalue weighted by Crippen LogP contribution is 2.40. The molecule has 0 aliphatic carbocycles. The molecule has 2 aromatic rings. The lowest BCUT2D eigenvalue weighted by atomic mass is 9.90. The Hall–Kier alpha value is -1.27. The van der Waals surface area contributed by atoms with Crippen LogP contribution in [0.1, 0.15) is 24.2 Å². The summed E-state index contributed by atoms with van der Waals surface area (Å²) in [6.07, 6.45) is 0.907. The van der Waals surface area contributed by atoms with Crippen LogP contribution in [0.5, 0.6) is 0 Å². The summed E-state index contributed by atoms with van der Waals surface area (Å²) >= 11 is 7.30. The van der Waals surface area contributed by atoms with E-state index < -0.39 is 11.1 Å². The SMILES string of the molecule is CC1(CN)CCN(C(=O)C(Sc2ccc(F)c(Cl)c2)c2ccccc2)C1.Cl. The number of thioether (sulfide) groups is 1. The first kappa shape index (κ1) is 22.0. The van der Waals surface area contributed by atoms with Crippen LogP contribution in [0, 0.1) is 11.2 Å². The molecule has 7 heteroatoms. The van der Waals surface area contributed by atoms with Crippen LogP contribution in [0.15, 0.2) is 53.4 Å². The van der Waals surface area contributed by atoms with Crippen molar-refractivity contribution >= 4 is 41.7 Å². The van der Waals surface area contributed by atoms with Gasteiger partial charge in [0.05, 0.1) is 5.02 Å². The molecule has 0 saturated carbocycles. The molecule has 2 unspecified atom stereocenters. The molecule has 27 heavy (non-hydrogen) atoms. The van der Waals surface area contributed by atoms with Crippen LogP contribution < -0.4 is 5.73 Å². The Morgan fingerprint density at radius 1 is 1.33 bits per heavy atom. The first-order valence-electron chi connectivity index (χ1n) is 8.57. The molecular formula is C20H23Cl2FN2OS. The topological polar surface area (TPSA) is 46.3 Å². The summed E-state index contributed by atoms with van der Waals surface area (Å²) in [6, 6.07) is 14.2. The summed E-state index contributed by atoms with van der Waals surface area (Å²) in [4.78, 5) is 15.9. The van der Waals surface area contributed by atoms with Gasteiger partial charge in [-0.25, -0.2) is 4.39 Å². The van der Waals surface area contributed by atoms with Crippen LogP contribution in [0.25, 0.3) is 0 Å². The zero-order chi connectivity index (χ0) is 18.7. The number of hydrogen-bond donors (Lipinski definition) is 1. The molecule has 2 atom stereocenters. The van der Waals surface area contributed by atoms with Gasteiger partial charge >= 0.3 is 0 Å². The molecule has 1 aliphatic heterocycles. The maximum Gasteiger partial charge on any atom is 0.240 e. The van der Waals surface area contributed by atoms with Gasteiger partial charge in [0.15, 0.2) is 0 Å². The van der Waals surface area contributed by atoms with E-state index in [0.717, 1.165) is 16.9 Å². The highest BCUT2D eigenvalue weighted by molar-refractivity contribution is 8.00. The van der Waals surface area contributed by atoms with Gasteiger partial charge in [0, 0.05) is 18.0 Å². The lowest BCUT2D eigenvalue weighted by molar-refractivity contribution is -0.130. The molecule has 1 amide bonds. The molecule has 2 N–H and O–H groups in total. The number of nitrogens with zero attached hydrogens (tertiary/aromatic N) is 1. The average Bonchev–Trinajstić information content (AvgIpc) is 3.06. The molecule has 1 fully saturated rings. The van der Waals surface area contributed by atoms with Crippen molar-refractivity contribution in [2.75, 3.05) is 19.6 Å². The first-order valence-corrected chi connectivity index (χ1v) is 9.83. The van der Waals surface area contributed by atoms with Gasteiger partial charge < -0.3 is 10.6 Å². The molecule has 1 aliphatic rings.